The highest BCUT2D eigenvalue weighted by molar-refractivity contribution is 5.95. The lowest BCUT2D eigenvalue weighted by atomic mass is 9.46. The van der Waals surface area contributed by atoms with Crippen molar-refractivity contribution in [3.8, 4) is 0 Å². The number of cyclic esters (lactones) is 2. The summed E-state index contributed by atoms with van der Waals surface area (Å²) in [5, 5.41) is 0. The molecule has 1 saturated carbocycles. The van der Waals surface area contributed by atoms with E-state index >= 15 is 0 Å². The number of hydrogen-bond donors (Lipinski definition) is 0. The lowest BCUT2D eigenvalue weighted by Crippen LogP contribution is -2.55. The van der Waals surface area contributed by atoms with Gasteiger partial charge in [-0.05, 0) is 42.6 Å². The smallest absolute Gasteiger partial charge is 0.334 e. The first-order valence-corrected chi connectivity index (χ1v) is 9.13. The van der Waals surface area contributed by atoms with Crippen LogP contribution in [0.5, 0.6) is 0 Å². The summed E-state index contributed by atoms with van der Waals surface area (Å²) in [6, 6.07) is 0. The van der Waals surface area contributed by atoms with Crippen LogP contribution in [-0.2, 0) is 23.9 Å². The molecule has 0 aromatic carbocycles. The molecule has 5 heteroatoms. The molecular weight excluding hydrogens is 320 g/mol. The van der Waals surface area contributed by atoms with E-state index in [-0.39, 0.29) is 35.0 Å². The molecule has 4 rings (SSSR count). The molecule has 0 unspecified atom stereocenters. The molecule has 4 atom stereocenters. The maximum absolute atomic E-state index is 12.9. The summed E-state index contributed by atoms with van der Waals surface area (Å²) in [7, 11) is 0. The van der Waals surface area contributed by atoms with Crippen LogP contribution in [0, 0.1) is 22.7 Å². The molecule has 1 saturated heterocycles. The van der Waals surface area contributed by atoms with Gasteiger partial charge in [-0.25, -0.2) is 9.59 Å². The minimum Gasteiger partial charge on any atom is -0.461 e. The Hall–Kier alpha value is -1.91. The fourth-order valence-corrected chi connectivity index (χ4v) is 5.54. The third-order valence-corrected chi connectivity index (χ3v) is 7.15. The van der Waals surface area contributed by atoms with Gasteiger partial charge in [-0.1, -0.05) is 19.9 Å². The van der Waals surface area contributed by atoms with Crippen LogP contribution in [0.3, 0.4) is 0 Å². The maximum atomic E-state index is 12.9. The zero-order valence-electron chi connectivity index (χ0n) is 14.8. The van der Waals surface area contributed by atoms with Gasteiger partial charge in [0.25, 0.3) is 0 Å². The summed E-state index contributed by atoms with van der Waals surface area (Å²) in [5.41, 5.74) is 1.07. The van der Waals surface area contributed by atoms with Crippen LogP contribution < -0.4 is 0 Å². The number of ketones is 1. The highest BCUT2D eigenvalue weighted by Gasteiger charge is 2.63. The molecule has 0 aromatic rings. The fraction of sp³-hybridized carbons (Fsp3) is 0.650. The summed E-state index contributed by atoms with van der Waals surface area (Å²) in [5.74, 6) is -0.110. The first-order chi connectivity index (χ1) is 11.9. The molecule has 0 aromatic heterocycles. The first kappa shape index (κ1) is 16.6. The molecule has 0 N–H and O–H groups in total. The number of rotatable bonds is 3. The van der Waals surface area contributed by atoms with Gasteiger partial charge in [0.1, 0.15) is 19.0 Å². The number of carbonyl (C=O) groups excluding carboxylic acids is 3. The normalized spacial score (nSPS) is 40.0. The molecule has 25 heavy (non-hydrogen) atoms. The number of carbonyl (C=O) groups is 3. The Morgan fingerprint density at radius 3 is 2.76 bits per heavy atom. The van der Waals surface area contributed by atoms with E-state index < -0.39 is 5.41 Å². The third-order valence-electron chi connectivity index (χ3n) is 7.15. The fourth-order valence-electron chi connectivity index (χ4n) is 5.54. The van der Waals surface area contributed by atoms with Gasteiger partial charge in [-0.2, -0.15) is 0 Å². The van der Waals surface area contributed by atoms with Crippen molar-refractivity contribution in [1.82, 2.24) is 0 Å². The van der Waals surface area contributed by atoms with Crippen molar-refractivity contribution in [2.45, 2.75) is 46.0 Å². The third kappa shape index (κ3) is 2.31. The number of allylic oxidation sites excluding steroid dienone is 1. The second-order valence-corrected chi connectivity index (χ2v) is 8.26. The van der Waals surface area contributed by atoms with E-state index in [9.17, 15) is 14.4 Å². The van der Waals surface area contributed by atoms with Gasteiger partial charge in [0.15, 0.2) is 0 Å². The monoisotopic (exact) mass is 344 g/mol. The van der Waals surface area contributed by atoms with Gasteiger partial charge >= 0.3 is 11.9 Å². The lowest BCUT2D eigenvalue weighted by molar-refractivity contribution is -0.145. The van der Waals surface area contributed by atoms with Crippen LogP contribution in [0.1, 0.15) is 46.0 Å². The molecule has 0 radical (unpaired) electrons. The van der Waals surface area contributed by atoms with E-state index in [1.54, 1.807) is 6.08 Å². The van der Waals surface area contributed by atoms with Crippen molar-refractivity contribution in [1.29, 1.82) is 0 Å². The molecule has 2 heterocycles. The van der Waals surface area contributed by atoms with E-state index in [2.05, 4.69) is 6.92 Å². The highest BCUT2D eigenvalue weighted by Crippen LogP contribution is 2.63. The summed E-state index contributed by atoms with van der Waals surface area (Å²) in [6.45, 7) is 4.90. The molecule has 2 fully saturated rings. The van der Waals surface area contributed by atoms with Crippen LogP contribution in [0.4, 0.5) is 0 Å². The SMILES string of the molecule is C[C@@H]1C(=O)C[C@@]23COC(=O)C2=CCC[C@@H]3[C@]1(C)CCC1=CC(=O)OC1. The number of Topliss-reactive ketones (excluding diaryl/α,β-unsaturated/α-hetero) is 1. The number of esters is 2. The molecule has 2 aliphatic heterocycles. The van der Waals surface area contributed by atoms with Crippen LogP contribution in [0.2, 0.25) is 0 Å². The van der Waals surface area contributed by atoms with Crippen molar-refractivity contribution in [2.75, 3.05) is 13.2 Å². The Morgan fingerprint density at radius 2 is 2.04 bits per heavy atom. The van der Waals surface area contributed by atoms with Gasteiger partial charge in [-0.3, -0.25) is 4.79 Å². The van der Waals surface area contributed by atoms with Crippen molar-refractivity contribution in [2.24, 2.45) is 22.7 Å². The van der Waals surface area contributed by atoms with Crippen molar-refractivity contribution in [3.05, 3.63) is 23.3 Å². The molecular formula is C20H24O5. The summed E-state index contributed by atoms with van der Waals surface area (Å²) in [4.78, 5) is 36.4. The van der Waals surface area contributed by atoms with E-state index in [1.807, 2.05) is 13.0 Å². The second kappa shape index (κ2) is 5.55. The summed E-state index contributed by atoms with van der Waals surface area (Å²) >= 11 is 0. The predicted molar refractivity (Wildman–Crippen MR) is 89.4 cm³/mol. The summed E-state index contributed by atoms with van der Waals surface area (Å²) in [6.07, 6.45) is 7.37. The average Bonchev–Trinajstić information content (AvgIpc) is 3.15. The zero-order chi connectivity index (χ0) is 17.8. The van der Waals surface area contributed by atoms with Crippen molar-refractivity contribution < 1.29 is 23.9 Å². The minimum absolute atomic E-state index is 0.0585. The van der Waals surface area contributed by atoms with Crippen molar-refractivity contribution >= 4 is 17.7 Å². The average molecular weight is 344 g/mol. The van der Waals surface area contributed by atoms with E-state index in [0.29, 0.717) is 19.6 Å². The van der Waals surface area contributed by atoms with Gasteiger partial charge in [0.05, 0.1) is 0 Å². The molecule has 1 spiro atoms. The van der Waals surface area contributed by atoms with Gasteiger partial charge in [0.2, 0.25) is 0 Å². The van der Waals surface area contributed by atoms with E-state index in [1.165, 1.54) is 0 Å². The van der Waals surface area contributed by atoms with E-state index in [0.717, 1.165) is 36.8 Å². The molecule has 4 aliphatic rings. The topological polar surface area (TPSA) is 69.7 Å². The Kier molecular flexibility index (Phi) is 3.67. The largest absolute Gasteiger partial charge is 0.461 e. The molecule has 134 valence electrons. The van der Waals surface area contributed by atoms with E-state index in [4.69, 9.17) is 9.47 Å². The second-order valence-electron chi connectivity index (χ2n) is 8.26. The number of hydrogen-bond acceptors (Lipinski definition) is 5. The Balaban J connectivity index is 1.67. The maximum Gasteiger partial charge on any atom is 0.334 e. The first-order valence-electron chi connectivity index (χ1n) is 9.13. The Morgan fingerprint density at radius 1 is 1.24 bits per heavy atom. The molecule has 2 aliphatic carbocycles. The van der Waals surface area contributed by atoms with Crippen LogP contribution in [-0.4, -0.2) is 30.9 Å². The van der Waals surface area contributed by atoms with Gasteiger partial charge < -0.3 is 9.47 Å². The van der Waals surface area contributed by atoms with Gasteiger partial charge in [-0.15, -0.1) is 0 Å². The standard InChI is InChI=1S/C20H24O5/c1-12-15(21)9-20-11-25-18(23)14(20)4-3-5-16(20)19(12,2)7-6-13-8-17(22)24-10-13/h4,8,12,16H,3,5-7,9-11H2,1-2H3/t12-,16-,19-,20-/m1/s1. The van der Waals surface area contributed by atoms with Crippen LogP contribution in [0.15, 0.2) is 23.3 Å². The van der Waals surface area contributed by atoms with Crippen molar-refractivity contribution in [3.63, 3.8) is 0 Å². The summed E-state index contributed by atoms with van der Waals surface area (Å²) < 4.78 is 10.4. The van der Waals surface area contributed by atoms with Gasteiger partial charge in [0, 0.05) is 29.4 Å². The molecule has 5 nitrogen and oxygen atoms in total. The minimum atomic E-state index is -0.440. The van der Waals surface area contributed by atoms with Crippen LogP contribution in [0.25, 0.3) is 0 Å². The Bertz CT molecular complexity index is 718. The Labute approximate surface area is 147 Å². The highest BCUT2D eigenvalue weighted by atomic mass is 16.5. The number of ether oxygens (including phenoxy) is 2. The quantitative estimate of drug-likeness (QED) is 0.736. The molecule has 0 amide bonds. The lowest BCUT2D eigenvalue weighted by Gasteiger charge is -2.55. The zero-order valence-corrected chi connectivity index (χ0v) is 14.8. The predicted octanol–water partition coefficient (Wildman–Crippen LogP) is 2.74. The van der Waals surface area contributed by atoms with Crippen LogP contribution >= 0.6 is 0 Å². The molecule has 0 bridgehead atoms.